The fourth-order valence-corrected chi connectivity index (χ4v) is 1.00. The van der Waals surface area contributed by atoms with Crippen LogP contribution >= 0.6 is 0 Å². The smallest absolute Gasteiger partial charge is 0.216 e. The molecule has 1 aromatic rings. The average Bonchev–Trinajstić information content (AvgIpc) is 2.45. The van der Waals surface area contributed by atoms with Crippen LogP contribution in [0.25, 0.3) is 0 Å². The lowest BCUT2D eigenvalue weighted by molar-refractivity contribution is 0.282. The zero-order valence-corrected chi connectivity index (χ0v) is 7.29. The first kappa shape index (κ1) is 9.19. The van der Waals surface area contributed by atoms with Gasteiger partial charge in [0.2, 0.25) is 11.8 Å². The highest BCUT2D eigenvalue weighted by molar-refractivity contribution is 4.78. The number of unbranched alkanes of at least 4 members (excludes halogenated alkanes) is 2. The Morgan fingerprint density at radius 1 is 1.25 bits per heavy atom. The Morgan fingerprint density at radius 2 is 2.08 bits per heavy atom. The lowest BCUT2D eigenvalue weighted by atomic mass is 10.2. The molecule has 0 unspecified atom stereocenters. The first-order valence-corrected chi connectivity index (χ1v) is 4.23. The zero-order chi connectivity index (χ0) is 8.81. The minimum Gasteiger partial charge on any atom is -0.426 e. The van der Waals surface area contributed by atoms with Crippen molar-refractivity contribution in [1.82, 2.24) is 10.2 Å². The molecule has 0 amide bonds. The van der Waals surface area contributed by atoms with E-state index >= 15 is 0 Å². The van der Waals surface area contributed by atoms with E-state index in [4.69, 9.17) is 9.52 Å². The number of hydrogen-bond donors (Lipinski definition) is 1. The van der Waals surface area contributed by atoms with Gasteiger partial charge in [0.1, 0.15) is 0 Å². The molecule has 0 fully saturated rings. The van der Waals surface area contributed by atoms with Crippen molar-refractivity contribution in [2.24, 2.45) is 0 Å². The highest BCUT2D eigenvalue weighted by Gasteiger charge is 2.00. The number of hydrogen-bond acceptors (Lipinski definition) is 4. The zero-order valence-electron chi connectivity index (χ0n) is 7.29. The van der Waals surface area contributed by atoms with E-state index in [0.29, 0.717) is 11.8 Å². The lowest BCUT2D eigenvalue weighted by Gasteiger charge is -1.93. The second-order valence-electron chi connectivity index (χ2n) is 2.75. The maximum Gasteiger partial charge on any atom is 0.216 e. The van der Waals surface area contributed by atoms with Crippen molar-refractivity contribution in [2.75, 3.05) is 6.61 Å². The molecule has 0 aliphatic heterocycles. The Kier molecular flexibility index (Phi) is 3.73. The second kappa shape index (κ2) is 4.87. The first-order chi connectivity index (χ1) is 5.83. The van der Waals surface area contributed by atoms with Crippen LogP contribution in [0.15, 0.2) is 4.42 Å². The van der Waals surface area contributed by atoms with E-state index < -0.39 is 0 Å². The van der Waals surface area contributed by atoms with E-state index in [-0.39, 0.29) is 6.61 Å². The van der Waals surface area contributed by atoms with Crippen molar-refractivity contribution >= 4 is 0 Å². The monoisotopic (exact) mass is 170 g/mol. The highest BCUT2D eigenvalue weighted by Crippen LogP contribution is 2.04. The lowest BCUT2D eigenvalue weighted by Crippen LogP contribution is -1.88. The van der Waals surface area contributed by atoms with Crippen LogP contribution in [-0.4, -0.2) is 21.9 Å². The number of aliphatic hydroxyl groups excluding tert-OH is 1. The Labute approximate surface area is 71.6 Å². The molecule has 1 heterocycles. The molecule has 1 aromatic heterocycles. The van der Waals surface area contributed by atoms with Crippen molar-refractivity contribution < 1.29 is 9.52 Å². The molecule has 12 heavy (non-hydrogen) atoms. The van der Waals surface area contributed by atoms with Gasteiger partial charge < -0.3 is 9.52 Å². The van der Waals surface area contributed by atoms with Crippen LogP contribution in [0.2, 0.25) is 0 Å². The molecule has 0 saturated heterocycles. The van der Waals surface area contributed by atoms with E-state index in [2.05, 4.69) is 10.2 Å². The van der Waals surface area contributed by atoms with Crippen molar-refractivity contribution in [3.05, 3.63) is 11.8 Å². The maximum atomic E-state index is 8.52. The van der Waals surface area contributed by atoms with Crippen molar-refractivity contribution in [3.8, 4) is 0 Å². The second-order valence-corrected chi connectivity index (χ2v) is 2.75. The molecule has 1 N–H and O–H groups in total. The van der Waals surface area contributed by atoms with Gasteiger partial charge in [0, 0.05) is 20.0 Å². The molecule has 0 atom stereocenters. The number of rotatable bonds is 5. The molecule has 0 spiro atoms. The van der Waals surface area contributed by atoms with Gasteiger partial charge >= 0.3 is 0 Å². The van der Waals surface area contributed by atoms with Gasteiger partial charge in [-0.3, -0.25) is 0 Å². The molecule has 0 radical (unpaired) electrons. The van der Waals surface area contributed by atoms with Crippen LogP contribution in [0.3, 0.4) is 0 Å². The normalized spacial score (nSPS) is 10.5. The summed E-state index contributed by atoms with van der Waals surface area (Å²) >= 11 is 0. The minimum atomic E-state index is 0.267. The summed E-state index contributed by atoms with van der Waals surface area (Å²) < 4.78 is 5.18. The van der Waals surface area contributed by atoms with Crippen LogP contribution in [0.5, 0.6) is 0 Å². The molecular formula is C8H14N2O2. The number of nitrogens with zero attached hydrogens (tertiary/aromatic N) is 2. The average molecular weight is 170 g/mol. The topological polar surface area (TPSA) is 59.2 Å². The third-order valence-electron chi connectivity index (χ3n) is 1.62. The van der Waals surface area contributed by atoms with Gasteiger partial charge in [0.25, 0.3) is 0 Å². The summed E-state index contributed by atoms with van der Waals surface area (Å²) in [6.45, 7) is 2.05. The first-order valence-electron chi connectivity index (χ1n) is 4.23. The minimum absolute atomic E-state index is 0.267. The summed E-state index contributed by atoms with van der Waals surface area (Å²) in [5.74, 6) is 1.32. The van der Waals surface area contributed by atoms with Gasteiger partial charge in [0.05, 0.1) is 0 Å². The summed E-state index contributed by atoms with van der Waals surface area (Å²) in [7, 11) is 0. The van der Waals surface area contributed by atoms with Crippen molar-refractivity contribution in [2.45, 2.75) is 32.6 Å². The summed E-state index contributed by atoms with van der Waals surface area (Å²) in [5, 5.41) is 16.1. The summed E-state index contributed by atoms with van der Waals surface area (Å²) in [6, 6.07) is 0. The van der Waals surface area contributed by atoms with Gasteiger partial charge in [-0.25, -0.2) is 0 Å². The molecule has 0 aromatic carbocycles. The number of aliphatic hydroxyl groups is 1. The number of aromatic nitrogens is 2. The van der Waals surface area contributed by atoms with Crippen molar-refractivity contribution in [3.63, 3.8) is 0 Å². The van der Waals surface area contributed by atoms with E-state index in [1.165, 1.54) is 0 Å². The quantitative estimate of drug-likeness (QED) is 0.672. The molecular weight excluding hydrogens is 156 g/mol. The van der Waals surface area contributed by atoms with Gasteiger partial charge in [-0.1, -0.05) is 6.42 Å². The maximum absolute atomic E-state index is 8.52. The summed E-state index contributed by atoms with van der Waals surface area (Å²) in [6.07, 6.45) is 3.69. The van der Waals surface area contributed by atoms with Crippen LogP contribution in [0.1, 0.15) is 31.0 Å². The van der Waals surface area contributed by atoms with Crippen LogP contribution in [-0.2, 0) is 6.42 Å². The van der Waals surface area contributed by atoms with E-state index in [1.807, 2.05) is 0 Å². The molecule has 1 rings (SSSR count). The SMILES string of the molecule is Cc1nnc(CCCCCO)o1. The van der Waals surface area contributed by atoms with Gasteiger partial charge in [-0.2, -0.15) is 0 Å². The molecule has 0 bridgehead atoms. The van der Waals surface area contributed by atoms with Gasteiger partial charge in [-0.05, 0) is 12.8 Å². The molecule has 4 heteroatoms. The van der Waals surface area contributed by atoms with E-state index in [9.17, 15) is 0 Å². The Balaban J connectivity index is 2.15. The van der Waals surface area contributed by atoms with Crippen LogP contribution < -0.4 is 0 Å². The molecule has 0 saturated carbocycles. The molecule has 4 nitrogen and oxygen atoms in total. The fourth-order valence-electron chi connectivity index (χ4n) is 1.00. The van der Waals surface area contributed by atoms with Gasteiger partial charge in [0.15, 0.2) is 0 Å². The predicted molar refractivity (Wildman–Crippen MR) is 43.7 cm³/mol. The van der Waals surface area contributed by atoms with E-state index in [1.54, 1.807) is 6.92 Å². The van der Waals surface area contributed by atoms with E-state index in [0.717, 1.165) is 25.7 Å². The number of aryl methyl sites for hydroxylation is 2. The van der Waals surface area contributed by atoms with Crippen LogP contribution in [0, 0.1) is 6.92 Å². The van der Waals surface area contributed by atoms with Crippen LogP contribution in [0.4, 0.5) is 0 Å². The summed E-state index contributed by atoms with van der Waals surface area (Å²) in [4.78, 5) is 0. The Bertz CT molecular complexity index is 223. The summed E-state index contributed by atoms with van der Waals surface area (Å²) in [5.41, 5.74) is 0. The molecule has 0 aliphatic rings. The predicted octanol–water partition coefficient (Wildman–Crippen LogP) is 1.08. The fraction of sp³-hybridized carbons (Fsp3) is 0.750. The van der Waals surface area contributed by atoms with Gasteiger partial charge in [-0.15, -0.1) is 10.2 Å². The highest BCUT2D eigenvalue weighted by atomic mass is 16.4. The largest absolute Gasteiger partial charge is 0.426 e. The molecule has 0 aliphatic carbocycles. The van der Waals surface area contributed by atoms with Crippen molar-refractivity contribution in [1.29, 1.82) is 0 Å². The standard InChI is InChI=1S/C8H14N2O2/c1-7-9-10-8(12-7)5-3-2-4-6-11/h11H,2-6H2,1H3. The Hall–Kier alpha value is -0.900. The molecule has 68 valence electrons. The third kappa shape index (κ3) is 3.00. The third-order valence-corrected chi connectivity index (χ3v) is 1.62. The Morgan fingerprint density at radius 3 is 2.67 bits per heavy atom.